The summed E-state index contributed by atoms with van der Waals surface area (Å²) in [7, 11) is 1.49. The van der Waals surface area contributed by atoms with Crippen molar-refractivity contribution in [2.75, 3.05) is 13.7 Å². The maximum absolute atomic E-state index is 9.96. The van der Waals surface area contributed by atoms with E-state index >= 15 is 0 Å². The van der Waals surface area contributed by atoms with Gasteiger partial charge in [0.05, 0.1) is 0 Å². The second-order valence-electron chi connectivity index (χ2n) is 1.69. The van der Waals surface area contributed by atoms with E-state index in [1.807, 2.05) is 0 Å². The SMILES string of the molecule is C[N-]C(CO)CC(=O)O.[K+]. The average molecular weight is 171 g/mol. The Morgan fingerprint density at radius 1 is 1.70 bits per heavy atom. The van der Waals surface area contributed by atoms with Gasteiger partial charge in [0.25, 0.3) is 0 Å². The predicted molar refractivity (Wildman–Crippen MR) is 32.4 cm³/mol. The molecule has 0 amide bonds. The number of carboxylic acid groups (broad SMARTS) is 1. The molecule has 0 aromatic rings. The third kappa shape index (κ3) is 7.14. The van der Waals surface area contributed by atoms with Crippen molar-refractivity contribution in [2.45, 2.75) is 12.5 Å². The van der Waals surface area contributed by atoms with Crippen LogP contribution in [0.4, 0.5) is 0 Å². The molecule has 0 rings (SSSR count). The Bertz CT molecular complexity index is 94.9. The Balaban J connectivity index is 0. The van der Waals surface area contributed by atoms with Gasteiger partial charge in [-0.05, 0) is 0 Å². The molecule has 0 heterocycles. The molecule has 0 saturated carbocycles. The molecule has 0 bridgehead atoms. The van der Waals surface area contributed by atoms with Crippen LogP contribution < -0.4 is 51.4 Å². The van der Waals surface area contributed by atoms with Crippen molar-refractivity contribution < 1.29 is 66.4 Å². The molecule has 0 aliphatic carbocycles. The number of likely N-dealkylation sites (N-methyl/N-ethyl adjacent to an activating group) is 1. The van der Waals surface area contributed by atoms with Gasteiger partial charge in [0.15, 0.2) is 0 Å². The van der Waals surface area contributed by atoms with Crippen molar-refractivity contribution in [3.05, 3.63) is 5.32 Å². The van der Waals surface area contributed by atoms with Crippen LogP contribution in [-0.2, 0) is 4.79 Å². The smallest absolute Gasteiger partial charge is 0.660 e. The van der Waals surface area contributed by atoms with Crippen LogP contribution in [-0.4, -0.2) is 35.9 Å². The van der Waals surface area contributed by atoms with Crippen molar-refractivity contribution in [1.82, 2.24) is 0 Å². The molecule has 0 saturated heterocycles. The standard InChI is InChI=1S/C5H10NO3.K/c1-6-4(3-7)2-5(8)9;/h4,7H,2-3H2,1H3,(H,8,9);/q-1;+1. The van der Waals surface area contributed by atoms with Gasteiger partial charge in [-0.1, -0.05) is 0 Å². The van der Waals surface area contributed by atoms with Crippen LogP contribution in [0.5, 0.6) is 0 Å². The van der Waals surface area contributed by atoms with Gasteiger partial charge in [-0.3, -0.25) is 4.79 Å². The average Bonchev–Trinajstić information content (AvgIpc) is 1.82. The van der Waals surface area contributed by atoms with Crippen LogP contribution in [0.2, 0.25) is 0 Å². The Hall–Kier alpha value is 1.03. The molecular formula is C5H10KNO3. The van der Waals surface area contributed by atoms with Crippen molar-refractivity contribution >= 4 is 5.97 Å². The van der Waals surface area contributed by atoms with E-state index in [0.717, 1.165) is 0 Å². The summed E-state index contributed by atoms with van der Waals surface area (Å²) in [4.78, 5) is 9.96. The molecule has 1 unspecified atom stereocenters. The minimum Gasteiger partial charge on any atom is -0.660 e. The van der Waals surface area contributed by atoms with Gasteiger partial charge in [0, 0.05) is 13.0 Å². The van der Waals surface area contributed by atoms with Gasteiger partial charge in [0.2, 0.25) is 0 Å². The number of aliphatic hydroxyl groups is 1. The third-order valence-corrected chi connectivity index (χ3v) is 0.986. The molecular weight excluding hydrogens is 161 g/mol. The van der Waals surface area contributed by atoms with E-state index in [0.29, 0.717) is 0 Å². The van der Waals surface area contributed by atoms with Crippen LogP contribution in [0.25, 0.3) is 5.32 Å². The van der Waals surface area contributed by atoms with Crippen LogP contribution in [0.1, 0.15) is 6.42 Å². The van der Waals surface area contributed by atoms with Crippen LogP contribution in [0.3, 0.4) is 0 Å². The Morgan fingerprint density at radius 2 is 2.20 bits per heavy atom. The van der Waals surface area contributed by atoms with E-state index in [4.69, 9.17) is 10.2 Å². The fourth-order valence-corrected chi connectivity index (χ4v) is 0.439. The normalized spacial score (nSPS) is 11.8. The molecule has 0 fully saturated rings. The molecule has 0 spiro atoms. The third-order valence-electron chi connectivity index (χ3n) is 0.986. The Morgan fingerprint density at radius 3 is 2.30 bits per heavy atom. The molecule has 10 heavy (non-hydrogen) atoms. The minimum absolute atomic E-state index is 0. The van der Waals surface area contributed by atoms with Gasteiger partial charge in [0.1, 0.15) is 0 Å². The number of carboxylic acids is 1. The zero-order valence-corrected chi connectivity index (χ0v) is 9.36. The van der Waals surface area contributed by atoms with Crippen molar-refractivity contribution in [3.63, 3.8) is 0 Å². The van der Waals surface area contributed by atoms with Crippen molar-refractivity contribution in [1.29, 1.82) is 0 Å². The van der Waals surface area contributed by atoms with Crippen molar-refractivity contribution in [3.8, 4) is 0 Å². The number of aliphatic carboxylic acids is 1. The summed E-state index contributed by atoms with van der Waals surface area (Å²) in [5, 5.41) is 20.2. The molecule has 2 N–H and O–H groups in total. The zero-order valence-electron chi connectivity index (χ0n) is 6.24. The predicted octanol–water partition coefficient (Wildman–Crippen LogP) is -3.17. The number of carbonyl (C=O) groups is 1. The molecule has 5 heteroatoms. The van der Waals surface area contributed by atoms with Gasteiger partial charge >= 0.3 is 57.4 Å². The van der Waals surface area contributed by atoms with E-state index in [1.165, 1.54) is 7.05 Å². The minimum atomic E-state index is -0.931. The summed E-state index contributed by atoms with van der Waals surface area (Å²) in [5.41, 5.74) is 0. The molecule has 54 valence electrons. The van der Waals surface area contributed by atoms with Crippen LogP contribution >= 0.6 is 0 Å². The number of aliphatic hydroxyl groups excluding tert-OH is 1. The first-order valence-electron chi connectivity index (χ1n) is 2.62. The number of hydrogen-bond donors (Lipinski definition) is 2. The first kappa shape index (κ1) is 13.6. The second-order valence-corrected chi connectivity index (χ2v) is 1.69. The first-order valence-corrected chi connectivity index (χ1v) is 2.62. The topological polar surface area (TPSA) is 71.6 Å². The zero-order chi connectivity index (χ0) is 7.28. The van der Waals surface area contributed by atoms with E-state index in [9.17, 15) is 4.79 Å². The maximum atomic E-state index is 9.96. The largest absolute Gasteiger partial charge is 1.00 e. The molecule has 0 aromatic carbocycles. The summed E-state index contributed by atoms with van der Waals surface area (Å²) in [5.74, 6) is -0.931. The number of hydrogen-bond acceptors (Lipinski definition) is 2. The number of nitrogens with zero attached hydrogens (tertiary/aromatic N) is 1. The van der Waals surface area contributed by atoms with Crippen LogP contribution in [0, 0.1) is 0 Å². The molecule has 1 atom stereocenters. The Labute approximate surface area is 102 Å². The monoisotopic (exact) mass is 171 g/mol. The molecule has 0 radical (unpaired) electrons. The summed E-state index contributed by atoms with van der Waals surface area (Å²) < 4.78 is 0. The van der Waals surface area contributed by atoms with Gasteiger partial charge in [-0.25, -0.2) is 0 Å². The van der Waals surface area contributed by atoms with Crippen LogP contribution in [0.15, 0.2) is 0 Å². The summed E-state index contributed by atoms with van der Waals surface area (Å²) in [6, 6.07) is -0.442. The van der Waals surface area contributed by atoms with E-state index < -0.39 is 12.0 Å². The van der Waals surface area contributed by atoms with Gasteiger partial charge < -0.3 is 15.5 Å². The van der Waals surface area contributed by atoms with Crippen molar-refractivity contribution in [2.24, 2.45) is 0 Å². The van der Waals surface area contributed by atoms with Gasteiger partial charge in [-0.2, -0.15) is 7.05 Å². The quantitative estimate of drug-likeness (QED) is 0.438. The van der Waals surface area contributed by atoms with Gasteiger partial charge in [-0.15, -0.1) is 6.04 Å². The first-order chi connectivity index (χ1) is 4.20. The van der Waals surface area contributed by atoms with E-state index in [-0.39, 0.29) is 64.4 Å². The fraction of sp³-hybridized carbons (Fsp3) is 0.800. The van der Waals surface area contributed by atoms with E-state index in [2.05, 4.69) is 5.32 Å². The fourth-order valence-electron chi connectivity index (χ4n) is 0.439. The molecule has 0 aliphatic heterocycles. The maximum Gasteiger partial charge on any atom is 1.00 e. The molecule has 0 aromatic heterocycles. The molecule has 4 nitrogen and oxygen atoms in total. The molecule has 0 aliphatic rings. The number of rotatable bonds is 4. The Kier molecular flexibility index (Phi) is 11.1. The summed E-state index contributed by atoms with van der Waals surface area (Å²) in [6.07, 6.45) is -0.0903. The summed E-state index contributed by atoms with van der Waals surface area (Å²) in [6.45, 7) is -0.192. The summed E-state index contributed by atoms with van der Waals surface area (Å²) >= 11 is 0. The second kappa shape index (κ2) is 8.13. The van der Waals surface area contributed by atoms with E-state index in [1.54, 1.807) is 0 Å².